The van der Waals surface area contributed by atoms with Crippen LogP contribution in [0.3, 0.4) is 0 Å². The van der Waals surface area contributed by atoms with E-state index in [1.807, 2.05) is 0 Å². The number of hydrogen-bond acceptors (Lipinski definition) is 4. The summed E-state index contributed by atoms with van der Waals surface area (Å²) in [7, 11) is -4.36. The van der Waals surface area contributed by atoms with E-state index < -0.39 is 33.3 Å². The molecule has 1 N–H and O–H groups in total. The Morgan fingerprint density at radius 3 is 2.48 bits per heavy atom. The summed E-state index contributed by atoms with van der Waals surface area (Å²) < 4.78 is 76.0. The van der Waals surface area contributed by atoms with Gasteiger partial charge in [-0.25, -0.2) is 17.5 Å². The van der Waals surface area contributed by atoms with Crippen molar-refractivity contribution in [3.63, 3.8) is 0 Å². The van der Waals surface area contributed by atoms with E-state index in [1.165, 1.54) is 6.07 Å². The number of halogens is 3. The number of nitrogens with one attached hydrogen (secondary N) is 1. The third-order valence-electron chi connectivity index (χ3n) is 4.73. The number of para-hydroxylation sites is 1. The van der Waals surface area contributed by atoms with E-state index in [0.717, 1.165) is 34.6 Å². The molecule has 0 radical (unpaired) electrons. The lowest BCUT2D eigenvalue weighted by Crippen LogP contribution is -2.42. The van der Waals surface area contributed by atoms with Crippen LogP contribution in [-0.4, -0.2) is 40.8 Å². The summed E-state index contributed by atoms with van der Waals surface area (Å²) in [6.07, 6.45) is 0.135. The third-order valence-corrected chi connectivity index (χ3v) is 6.51. The number of ether oxygens (including phenoxy) is 1. The van der Waals surface area contributed by atoms with Gasteiger partial charge in [-0.3, -0.25) is 4.31 Å². The molecule has 2 heterocycles. The average molecular weight is 448 g/mol. The van der Waals surface area contributed by atoms with E-state index >= 15 is 0 Å². The Morgan fingerprint density at radius 2 is 1.83 bits per heavy atom. The summed E-state index contributed by atoms with van der Waals surface area (Å²) in [4.78, 5) is 0. The summed E-state index contributed by atoms with van der Waals surface area (Å²) in [5.41, 5.74) is -0.687. The Labute approximate surface area is 173 Å². The van der Waals surface area contributed by atoms with Crippen LogP contribution in [0.25, 0.3) is 0 Å². The van der Waals surface area contributed by atoms with Gasteiger partial charge in [-0.05, 0) is 30.7 Å². The first kappa shape index (κ1) is 21.8. The molecule has 29 heavy (non-hydrogen) atoms. The Balaban J connectivity index is 0.00000240. The van der Waals surface area contributed by atoms with Gasteiger partial charge in [0.2, 0.25) is 0 Å². The molecule has 1 atom stereocenters. The van der Waals surface area contributed by atoms with Crippen LogP contribution >= 0.6 is 13.5 Å². The molecule has 1 saturated heterocycles. The number of morpholine rings is 1. The van der Waals surface area contributed by atoms with E-state index in [2.05, 4.69) is 5.32 Å². The summed E-state index contributed by atoms with van der Waals surface area (Å²) >= 11 is 0. The standard InChI is InChI=1S/C18H18F3N3O3S.H2S/c19-12-4-5-16-17(10-12)23(8-6-13-11-22-7-9-27-13)28(25,26)24(16)18-14(20)2-1-3-15(18)21;/h1-5,10,13,22H,6-9,11H2;1H2/t13-;/m0./s1. The maximum Gasteiger partial charge on any atom is 0.331 e. The molecule has 2 aliphatic heterocycles. The Hall–Kier alpha value is -1.95. The van der Waals surface area contributed by atoms with Gasteiger partial charge in [-0.15, -0.1) is 0 Å². The summed E-state index contributed by atoms with van der Waals surface area (Å²) in [5, 5.41) is 3.15. The van der Waals surface area contributed by atoms with Gasteiger partial charge in [0.25, 0.3) is 0 Å². The molecule has 0 aliphatic carbocycles. The van der Waals surface area contributed by atoms with Crippen molar-refractivity contribution >= 4 is 40.8 Å². The minimum Gasteiger partial charge on any atom is -0.376 e. The quantitative estimate of drug-likeness (QED) is 0.783. The van der Waals surface area contributed by atoms with E-state index in [0.29, 0.717) is 30.4 Å². The molecule has 4 rings (SSSR count). The second-order valence-corrected chi connectivity index (χ2v) is 8.23. The highest BCUT2D eigenvalue weighted by Gasteiger charge is 2.43. The molecule has 6 nitrogen and oxygen atoms in total. The average Bonchev–Trinajstić information content (AvgIpc) is 2.87. The van der Waals surface area contributed by atoms with Gasteiger partial charge in [-0.1, -0.05) is 6.07 Å². The number of benzene rings is 2. The monoisotopic (exact) mass is 447 g/mol. The lowest BCUT2D eigenvalue weighted by molar-refractivity contribution is 0.0254. The van der Waals surface area contributed by atoms with Crippen molar-refractivity contribution < 1.29 is 26.3 Å². The van der Waals surface area contributed by atoms with Crippen LogP contribution < -0.4 is 13.9 Å². The maximum atomic E-state index is 14.4. The first-order valence-electron chi connectivity index (χ1n) is 8.78. The van der Waals surface area contributed by atoms with Crippen molar-refractivity contribution in [2.45, 2.75) is 12.5 Å². The highest BCUT2D eigenvalue weighted by atomic mass is 32.2. The Morgan fingerprint density at radius 1 is 1.10 bits per heavy atom. The van der Waals surface area contributed by atoms with Crippen LogP contribution in [0, 0.1) is 17.5 Å². The first-order chi connectivity index (χ1) is 13.4. The molecule has 2 aromatic carbocycles. The fraction of sp³-hybridized carbons (Fsp3) is 0.333. The molecular formula is C18H20F3N3O3S2. The number of anilines is 3. The number of hydrogen-bond donors (Lipinski definition) is 1. The molecule has 0 aromatic heterocycles. The number of nitrogens with zero attached hydrogens (tertiary/aromatic N) is 2. The van der Waals surface area contributed by atoms with E-state index in [1.54, 1.807) is 0 Å². The van der Waals surface area contributed by atoms with Crippen molar-refractivity contribution in [3.05, 3.63) is 53.8 Å². The lowest BCUT2D eigenvalue weighted by Gasteiger charge is -2.27. The zero-order valence-electron chi connectivity index (χ0n) is 15.2. The Kier molecular flexibility index (Phi) is 6.32. The van der Waals surface area contributed by atoms with Crippen LogP contribution in [-0.2, 0) is 14.9 Å². The van der Waals surface area contributed by atoms with Crippen LogP contribution in [0.1, 0.15) is 6.42 Å². The topological polar surface area (TPSA) is 61.9 Å². The van der Waals surface area contributed by atoms with Gasteiger partial charge < -0.3 is 10.1 Å². The molecule has 0 bridgehead atoms. The van der Waals surface area contributed by atoms with Crippen molar-refractivity contribution in [2.24, 2.45) is 0 Å². The predicted octanol–water partition coefficient (Wildman–Crippen LogP) is 2.80. The fourth-order valence-corrected chi connectivity index (χ4v) is 5.17. The smallest absolute Gasteiger partial charge is 0.331 e. The van der Waals surface area contributed by atoms with Crippen molar-refractivity contribution in [1.82, 2.24) is 5.32 Å². The van der Waals surface area contributed by atoms with Crippen LogP contribution in [0.15, 0.2) is 36.4 Å². The molecular weight excluding hydrogens is 427 g/mol. The normalized spacial score (nSPS) is 20.3. The summed E-state index contributed by atoms with van der Waals surface area (Å²) in [6, 6.07) is 6.40. The van der Waals surface area contributed by atoms with Crippen LogP contribution in [0.2, 0.25) is 0 Å². The predicted molar refractivity (Wildman–Crippen MR) is 109 cm³/mol. The van der Waals surface area contributed by atoms with Gasteiger partial charge in [0.05, 0.1) is 24.1 Å². The van der Waals surface area contributed by atoms with Crippen LogP contribution in [0.5, 0.6) is 0 Å². The zero-order chi connectivity index (χ0) is 19.9. The summed E-state index contributed by atoms with van der Waals surface area (Å²) in [6.45, 7) is 1.77. The zero-order valence-corrected chi connectivity index (χ0v) is 17.1. The molecule has 11 heteroatoms. The fourth-order valence-electron chi connectivity index (χ4n) is 3.44. The van der Waals surface area contributed by atoms with Crippen molar-refractivity contribution in [3.8, 4) is 0 Å². The van der Waals surface area contributed by atoms with Crippen molar-refractivity contribution in [1.29, 1.82) is 0 Å². The van der Waals surface area contributed by atoms with E-state index in [-0.39, 0.29) is 37.5 Å². The van der Waals surface area contributed by atoms with Crippen LogP contribution in [0.4, 0.5) is 30.2 Å². The molecule has 0 unspecified atom stereocenters. The minimum absolute atomic E-state index is 0. The lowest BCUT2D eigenvalue weighted by atomic mass is 10.2. The minimum atomic E-state index is -4.36. The number of rotatable bonds is 4. The second kappa shape index (κ2) is 8.42. The van der Waals surface area contributed by atoms with Gasteiger partial charge >= 0.3 is 10.2 Å². The molecule has 158 valence electrons. The Bertz CT molecular complexity index is 981. The van der Waals surface area contributed by atoms with Gasteiger partial charge in [0.15, 0.2) is 11.6 Å². The molecule has 2 aromatic rings. The number of fused-ring (bicyclic) bond motifs is 1. The largest absolute Gasteiger partial charge is 0.376 e. The van der Waals surface area contributed by atoms with Gasteiger partial charge in [0, 0.05) is 25.7 Å². The highest BCUT2D eigenvalue weighted by molar-refractivity contribution is 7.95. The molecule has 0 saturated carbocycles. The SMILES string of the molecule is O=S1(=O)N(CC[C@H]2CNCCO2)c2cc(F)ccc2N1c1c(F)cccc1F.S. The molecule has 1 fully saturated rings. The molecule has 0 amide bonds. The highest BCUT2D eigenvalue weighted by Crippen LogP contribution is 2.47. The molecule has 2 aliphatic rings. The second-order valence-electron chi connectivity index (χ2n) is 6.53. The maximum absolute atomic E-state index is 14.4. The molecule has 0 spiro atoms. The van der Waals surface area contributed by atoms with Gasteiger partial charge in [0.1, 0.15) is 11.5 Å². The first-order valence-corrected chi connectivity index (χ1v) is 10.2. The summed E-state index contributed by atoms with van der Waals surface area (Å²) in [5.74, 6) is -2.70. The third kappa shape index (κ3) is 3.91. The van der Waals surface area contributed by atoms with E-state index in [4.69, 9.17) is 4.74 Å². The van der Waals surface area contributed by atoms with E-state index in [9.17, 15) is 21.6 Å². The van der Waals surface area contributed by atoms with Crippen molar-refractivity contribution in [2.75, 3.05) is 34.9 Å². The van der Waals surface area contributed by atoms with Gasteiger partial charge in [-0.2, -0.15) is 21.9 Å².